The molecule has 0 aromatic heterocycles. The molecule has 2 N–H and O–H groups in total. The highest BCUT2D eigenvalue weighted by molar-refractivity contribution is 14.1. The summed E-state index contributed by atoms with van der Waals surface area (Å²) < 4.78 is 24.5. The summed E-state index contributed by atoms with van der Waals surface area (Å²) in [6.07, 6.45) is 0. The van der Waals surface area contributed by atoms with Crippen molar-refractivity contribution >= 4 is 50.9 Å². The van der Waals surface area contributed by atoms with Crippen LogP contribution in [0, 0.1) is 28.6 Å². The summed E-state index contributed by atoms with van der Waals surface area (Å²) in [5.74, 6) is 1.94. The number of benzene rings is 3. The Labute approximate surface area is 226 Å². The Kier molecular flexibility index (Phi) is 6.32. The van der Waals surface area contributed by atoms with Gasteiger partial charge < -0.3 is 24.7 Å². The van der Waals surface area contributed by atoms with E-state index < -0.39 is 10.8 Å². The van der Waals surface area contributed by atoms with E-state index in [-0.39, 0.29) is 25.0 Å². The Morgan fingerprint density at radius 2 is 1.74 bits per heavy atom. The van der Waals surface area contributed by atoms with Crippen molar-refractivity contribution in [3.8, 4) is 29.1 Å². The van der Waals surface area contributed by atoms with Gasteiger partial charge >= 0.3 is 0 Å². The third-order valence-electron chi connectivity index (χ3n) is 5.59. The average Bonchev–Trinajstić information content (AvgIpc) is 3.29. The van der Waals surface area contributed by atoms with Crippen molar-refractivity contribution in [1.82, 2.24) is 0 Å². The van der Waals surface area contributed by atoms with Gasteiger partial charge in [-0.15, -0.1) is 0 Å². The first kappa shape index (κ1) is 23.5. The van der Waals surface area contributed by atoms with Crippen molar-refractivity contribution in [1.29, 1.82) is 5.26 Å². The van der Waals surface area contributed by atoms with Gasteiger partial charge in [0.1, 0.15) is 29.7 Å². The fraction of sp³-hybridized carbons (Fsp3) is 0.125. The molecule has 2 aliphatic rings. The lowest BCUT2D eigenvalue weighted by Gasteiger charge is -2.27. The highest BCUT2D eigenvalue weighted by Crippen LogP contribution is 2.48. The van der Waals surface area contributed by atoms with E-state index in [1.165, 1.54) is 12.1 Å². The Hall–Kier alpha value is -3.25. The van der Waals surface area contributed by atoms with Crippen LogP contribution in [0.1, 0.15) is 22.6 Å². The number of fused-ring (bicyclic) bond motifs is 2. The highest BCUT2D eigenvalue weighted by atomic mass is 127. The molecule has 9 nitrogen and oxygen atoms in total. The molecule has 1 atom stereocenters. The predicted molar refractivity (Wildman–Crippen MR) is 141 cm³/mol. The van der Waals surface area contributed by atoms with Gasteiger partial charge in [-0.1, -0.05) is 0 Å². The molecule has 0 amide bonds. The van der Waals surface area contributed by atoms with E-state index in [0.29, 0.717) is 28.6 Å². The fourth-order valence-corrected chi connectivity index (χ4v) is 6.07. The first-order chi connectivity index (χ1) is 16.9. The summed E-state index contributed by atoms with van der Waals surface area (Å²) in [6.45, 7) is 0.372. The number of allylic oxidation sites excluding steroid dienone is 1. The number of hydrogen-bond acceptors (Lipinski definition) is 8. The summed E-state index contributed by atoms with van der Waals surface area (Å²) in [5, 5.41) is 20.7. The summed E-state index contributed by atoms with van der Waals surface area (Å²) in [5.41, 5.74) is 8.87. The van der Waals surface area contributed by atoms with Crippen LogP contribution in [0.4, 0.5) is 5.69 Å². The molecule has 176 valence electrons. The minimum atomic E-state index is -0.455. The van der Waals surface area contributed by atoms with Gasteiger partial charge in [-0.3, -0.25) is 10.1 Å². The zero-order chi connectivity index (χ0) is 24.7. The molecular formula is C24H15I2N3O6. The normalized spacial score (nSPS) is 15.7. The number of nitrogens with two attached hydrogens (primary N) is 1. The molecular weight excluding hydrogens is 680 g/mol. The van der Waals surface area contributed by atoms with Crippen LogP contribution in [-0.4, -0.2) is 11.7 Å². The molecule has 0 bridgehead atoms. The second kappa shape index (κ2) is 9.42. The molecule has 0 saturated carbocycles. The Morgan fingerprint density at radius 3 is 2.37 bits per heavy atom. The summed E-state index contributed by atoms with van der Waals surface area (Å²) in [4.78, 5) is 10.4. The Morgan fingerprint density at radius 1 is 1.09 bits per heavy atom. The van der Waals surface area contributed by atoms with E-state index >= 15 is 0 Å². The molecule has 5 rings (SSSR count). The Balaban J connectivity index is 1.48. The predicted octanol–water partition coefficient (Wildman–Crippen LogP) is 5.33. The van der Waals surface area contributed by atoms with Crippen molar-refractivity contribution in [3.63, 3.8) is 0 Å². The summed E-state index contributed by atoms with van der Waals surface area (Å²) >= 11 is 4.39. The number of rotatable bonds is 5. The quantitative estimate of drug-likeness (QED) is 0.216. The summed E-state index contributed by atoms with van der Waals surface area (Å²) in [6, 6.07) is 15.9. The number of nitro benzene ring substituents is 1. The maximum absolute atomic E-state index is 10.9. The lowest BCUT2D eigenvalue weighted by Crippen LogP contribution is -2.21. The molecule has 0 saturated heterocycles. The van der Waals surface area contributed by atoms with Gasteiger partial charge in [0.25, 0.3) is 5.69 Å². The third-order valence-corrected chi connectivity index (χ3v) is 7.20. The van der Waals surface area contributed by atoms with Crippen LogP contribution in [0.25, 0.3) is 0 Å². The fourth-order valence-electron chi connectivity index (χ4n) is 3.94. The molecule has 3 aromatic carbocycles. The molecule has 3 aromatic rings. The first-order valence-electron chi connectivity index (χ1n) is 10.2. The molecule has 0 unspecified atom stereocenters. The minimum absolute atomic E-state index is 0.0298. The van der Waals surface area contributed by atoms with Crippen molar-refractivity contribution in [3.05, 3.63) is 93.9 Å². The topological polar surface area (TPSA) is 130 Å². The number of halogens is 2. The highest BCUT2D eigenvalue weighted by Gasteiger charge is 2.34. The number of nitro groups is 1. The van der Waals surface area contributed by atoms with Gasteiger partial charge in [0.05, 0.1) is 18.0 Å². The molecule has 2 heterocycles. The maximum Gasteiger partial charge on any atom is 0.269 e. The summed E-state index contributed by atoms with van der Waals surface area (Å²) in [7, 11) is 0. The van der Waals surface area contributed by atoms with Gasteiger partial charge in [-0.05, 0) is 86.6 Å². The van der Waals surface area contributed by atoms with Crippen LogP contribution in [0.2, 0.25) is 0 Å². The number of nitrogens with zero attached hydrogens (tertiary/aromatic N) is 2. The monoisotopic (exact) mass is 695 g/mol. The van der Waals surface area contributed by atoms with Gasteiger partial charge in [0.15, 0.2) is 11.5 Å². The molecule has 0 fully saturated rings. The molecule has 2 aliphatic heterocycles. The lowest BCUT2D eigenvalue weighted by molar-refractivity contribution is -0.384. The average molecular weight is 695 g/mol. The van der Waals surface area contributed by atoms with Crippen molar-refractivity contribution in [2.75, 3.05) is 6.79 Å². The number of hydrogen-bond donors (Lipinski definition) is 1. The van der Waals surface area contributed by atoms with E-state index in [2.05, 4.69) is 51.3 Å². The second-order valence-electron chi connectivity index (χ2n) is 7.69. The first-order valence-corrected chi connectivity index (χ1v) is 12.4. The number of non-ortho nitro benzene ring substituents is 1. The zero-order valence-corrected chi connectivity index (χ0v) is 22.1. The smallest absolute Gasteiger partial charge is 0.269 e. The molecule has 0 spiro atoms. The standard InChI is InChI=1S/C24H15I2N3O6/c25-17-5-13(6-18(26)23(17)32-10-12-1-3-14(4-2-12)29(30)31)22-15-7-20-21(34-11-33-20)8-19(15)35-24(28)16(22)9-27/h1-8,22H,10-11,28H2/t22-/m1/s1. The van der Waals surface area contributed by atoms with Crippen molar-refractivity contribution in [2.24, 2.45) is 5.73 Å². The van der Waals surface area contributed by atoms with Crippen LogP contribution in [0.3, 0.4) is 0 Å². The third kappa shape index (κ3) is 4.43. The van der Waals surface area contributed by atoms with E-state index in [4.69, 9.17) is 24.7 Å². The largest absolute Gasteiger partial charge is 0.487 e. The zero-order valence-electron chi connectivity index (χ0n) is 17.8. The van der Waals surface area contributed by atoms with Gasteiger partial charge in [0, 0.05) is 23.8 Å². The van der Waals surface area contributed by atoms with Crippen LogP contribution in [0.15, 0.2) is 60.0 Å². The van der Waals surface area contributed by atoms with Crippen LogP contribution >= 0.6 is 45.2 Å². The molecule has 35 heavy (non-hydrogen) atoms. The van der Waals surface area contributed by atoms with Gasteiger partial charge in [-0.2, -0.15) is 5.26 Å². The van der Waals surface area contributed by atoms with Crippen molar-refractivity contribution in [2.45, 2.75) is 12.5 Å². The van der Waals surface area contributed by atoms with Gasteiger partial charge in [-0.25, -0.2) is 0 Å². The number of ether oxygens (including phenoxy) is 4. The molecule has 0 radical (unpaired) electrons. The molecule has 11 heteroatoms. The van der Waals surface area contributed by atoms with Crippen LogP contribution < -0.4 is 24.7 Å². The van der Waals surface area contributed by atoms with E-state index in [1.807, 2.05) is 18.2 Å². The van der Waals surface area contributed by atoms with Crippen LogP contribution in [0.5, 0.6) is 23.0 Å². The second-order valence-corrected chi connectivity index (χ2v) is 10.0. The van der Waals surface area contributed by atoms with Gasteiger partial charge in [0.2, 0.25) is 12.7 Å². The Bertz CT molecular complexity index is 1410. The lowest BCUT2D eigenvalue weighted by atomic mass is 9.83. The molecule has 0 aliphatic carbocycles. The van der Waals surface area contributed by atoms with E-state index in [1.54, 1.807) is 18.2 Å². The van der Waals surface area contributed by atoms with E-state index in [0.717, 1.165) is 23.8 Å². The van der Waals surface area contributed by atoms with Crippen LogP contribution in [-0.2, 0) is 6.61 Å². The van der Waals surface area contributed by atoms with E-state index in [9.17, 15) is 15.4 Å². The number of nitriles is 1. The van der Waals surface area contributed by atoms with Crippen molar-refractivity contribution < 1.29 is 23.9 Å². The SMILES string of the molecule is N#CC1=C(N)Oc2cc3c(cc2[C@H]1c1cc(I)c(OCc2ccc([N+](=O)[O-])cc2)c(I)c1)OCO3. The maximum atomic E-state index is 10.9. The minimum Gasteiger partial charge on any atom is -0.487 e.